The van der Waals surface area contributed by atoms with Crippen molar-refractivity contribution in [2.75, 3.05) is 6.54 Å². The molecule has 0 unspecified atom stereocenters. The average molecular weight is 500 g/mol. The molecule has 36 heavy (non-hydrogen) atoms. The van der Waals surface area contributed by atoms with E-state index in [4.69, 9.17) is 9.94 Å². The third kappa shape index (κ3) is 5.18. The highest BCUT2D eigenvalue weighted by molar-refractivity contribution is 6.26. The molecule has 3 amide bonds. The van der Waals surface area contributed by atoms with Gasteiger partial charge in [-0.2, -0.15) is 13.2 Å². The first-order chi connectivity index (χ1) is 17.2. The van der Waals surface area contributed by atoms with Crippen molar-refractivity contribution in [2.45, 2.75) is 38.5 Å². The molecule has 0 saturated carbocycles. The lowest BCUT2D eigenvalue weighted by atomic mass is 9.93. The summed E-state index contributed by atoms with van der Waals surface area (Å²) < 4.78 is 44.2. The van der Waals surface area contributed by atoms with Crippen LogP contribution in [0.3, 0.4) is 0 Å². The van der Waals surface area contributed by atoms with Crippen LogP contribution in [0, 0.1) is 0 Å². The van der Waals surface area contributed by atoms with Gasteiger partial charge in [0, 0.05) is 34.9 Å². The number of rotatable bonds is 9. The van der Waals surface area contributed by atoms with E-state index in [1.807, 2.05) is 0 Å². The highest BCUT2D eigenvalue weighted by atomic mass is 19.4. The van der Waals surface area contributed by atoms with E-state index in [0.29, 0.717) is 52.5 Å². The number of nitrogens with one attached hydrogen (secondary N) is 1. The van der Waals surface area contributed by atoms with Gasteiger partial charge in [-0.05, 0) is 48.7 Å². The van der Waals surface area contributed by atoms with Crippen LogP contribution in [0.15, 0.2) is 54.6 Å². The van der Waals surface area contributed by atoms with Crippen molar-refractivity contribution >= 4 is 28.5 Å². The molecule has 0 bridgehead atoms. The van der Waals surface area contributed by atoms with E-state index in [2.05, 4.69) is 0 Å². The zero-order chi connectivity index (χ0) is 25.9. The van der Waals surface area contributed by atoms with E-state index in [1.54, 1.807) is 35.8 Å². The number of carbonyl (C=O) groups excluding carboxylic acids is 3. The second-order valence-corrected chi connectivity index (χ2v) is 8.43. The first kappa shape index (κ1) is 25.2. The molecule has 0 atom stereocenters. The van der Waals surface area contributed by atoms with Crippen molar-refractivity contribution in [1.29, 1.82) is 0 Å². The van der Waals surface area contributed by atoms with Gasteiger partial charge in [0.05, 0.1) is 5.56 Å². The Morgan fingerprint density at radius 2 is 1.61 bits per heavy atom. The smallest absolute Gasteiger partial charge is 0.416 e. The van der Waals surface area contributed by atoms with Gasteiger partial charge in [-0.15, -0.1) is 0 Å². The fourth-order valence-corrected chi connectivity index (χ4v) is 4.19. The van der Waals surface area contributed by atoms with Crippen molar-refractivity contribution in [3.05, 3.63) is 76.9 Å². The van der Waals surface area contributed by atoms with Crippen LogP contribution in [0.25, 0.3) is 10.8 Å². The Balaban J connectivity index is 1.49. The number of hydroxylamine groups is 1. The van der Waals surface area contributed by atoms with Crippen LogP contribution in [0.5, 0.6) is 5.75 Å². The third-order valence-electron chi connectivity index (χ3n) is 6.04. The van der Waals surface area contributed by atoms with Crippen molar-refractivity contribution in [2.24, 2.45) is 0 Å². The molecule has 3 aromatic carbocycles. The minimum absolute atomic E-state index is 0.0130. The maximum absolute atomic E-state index is 13.1. The molecule has 0 fully saturated rings. The van der Waals surface area contributed by atoms with Gasteiger partial charge in [0.15, 0.2) is 0 Å². The molecule has 188 valence electrons. The van der Waals surface area contributed by atoms with Crippen molar-refractivity contribution in [3.8, 4) is 5.75 Å². The van der Waals surface area contributed by atoms with Crippen molar-refractivity contribution in [3.63, 3.8) is 0 Å². The zero-order valence-corrected chi connectivity index (χ0v) is 19.1. The number of alkyl halides is 3. The van der Waals surface area contributed by atoms with E-state index in [0.717, 1.165) is 12.1 Å². The first-order valence-corrected chi connectivity index (χ1v) is 11.3. The number of nitrogens with zero attached hydrogens (tertiary/aromatic N) is 1. The lowest BCUT2D eigenvalue weighted by Crippen LogP contribution is -2.40. The topological polar surface area (TPSA) is 95.9 Å². The van der Waals surface area contributed by atoms with Gasteiger partial charge in [0.25, 0.3) is 11.8 Å². The Bertz CT molecular complexity index is 1280. The molecule has 0 aromatic heterocycles. The Kier molecular flexibility index (Phi) is 7.25. The monoisotopic (exact) mass is 500 g/mol. The molecule has 7 nitrogen and oxygen atoms in total. The normalized spacial score (nSPS) is 13.3. The summed E-state index contributed by atoms with van der Waals surface area (Å²) in [5, 5.41) is 9.58. The lowest BCUT2D eigenvalue weighted by molar-refractivity contribution is -0.137. The van der Waals surface area contributed by atoms with Gasteiger partial charge < -0.3 is 4.74 Å². The molecule has 0 saturated heterocycles. The van der Waals surface area contributed by atoms with Crippen molar-refractivity contribution < 1.29 is 37.5 Å². The SMILES string of the molecule is O=C(CCCCCN1C(=O)c2cccc3c(OCc4ccc(C(F)(F)F)cc4)ccc(c23)C1=O)NO. The molecular weight excluding hydrogens is 477 g/mol. The maximum atomic E-state index is 13.1. The molecule has 2 N–H and O–H groups in total. The summed E-state index contributed by atoms with van der Waals surface area (Å²) in [4.78, 5) is 38.5. The molecule has 10 heteroatoms. The van der Waals surface area contributed by atoms with Gasteiger partial charge in [-0.1, -0.05) is 30.7 Å². The third-order valence-corrected chi connectivity index (χ3v) is 6.04. The summed E-state index contributed by atoms with van der Waals surface area (Å²) in [7, 11) is 0. The number of unbranched alkanes of at least 4 members (excludes halogenated alkanes) is 2. The zero-order valence-electron chi connectivity index (χ0n) is 19.1. The fraction of sp³-hybridized carbons (Fsp3) is 0.269. The van der Waals surface area contributed by atoms with Gasteiger partial charge >= 0.3 is 6.18 Å². The molecular formula is C26H23F3N2O5. The summed E-state index contributed by atoms with van der Waals surface area (Å²) in [5.41, 5.74) is 2.08. The Labute approximate surface area is 204 Å². The van der Waals surface area contributed by atoms with E-state index in [9.17, 15) is 27.6 Å². The minimum atomic E-state index is -4.42. The lowest BCUT2D eigenvalue weighted by Gasteiger charge is -2.27. The van der Waals surface area contributed by atoms with E-state index in [1.165, 1.54) is 17.0 Å². The van der Waals surface area contributed by atoms with Gasteiger partial charge in [-0.3, -0.25) is 24.5 Å². The number of halogens is 3. The van der Waals surface area contributed by atoms with Crippen LogP contribution in [0.1, 0.15) is 57.5 Å². The predicted octanol–water partition coefficient (Wildman–Crippen LogP) is 5.10. The minimum Gasteiger partial charge on any atom is -0.488 e. The molecule has 0 spiro atoms. The standard InChI is InChI=1S/C26H23F3N2O5/c27-26(28,29)17-10-8-16(9-11-17)15-36-21-13-12-20-23-18(21)5-4-6-19(23)24(33)31(25(20)34)14-3-1-2-7-22(32)30-35/h4-6,8-13,35H,1-3,7,14-15H2,(H,30,32). The fourth-order valence-electron chi connectivity index (χ4n) is 4.19. The summed E-state index contributed by atoms with van der Waals surface area (Å²) >= 11 is 0. The van der Waals surface area contributed by atoms with Crippen LogP contribution in [0.2, 0.25) is 0 Å². The van der Waals surface area contributed by atoms with Crippen LogP contribution < -0.4 is 10.2 Å². The van der Waals surface area contributed by atoms with Crippen LogP contribution in [0.4, 0.5) is 13.2 Å². The predicted molar refractivity (Wildman–Crippen MR) is 123 cm³/mol. The van der Waals surface area contributed by atoms with Crippen molar-refractivity contribution in [1.82, 2.24) is 10.4 Å². The Hall–Kier alpha value is -3.92. The molecule has 4 rings (SSSR count). The summed E-state index contributed by atoms with van der Waals surface area (Å²) in [5.74, 6) is -0.930. The van der Waals surface area contributed by atoms with Crippen LogP contribution >= 0.6 is 0 Å². The number of hydrogen-bond donors (Lipinski definition) is 2. The molecule has 1 aliphatic rings. The number of ether oxygens (including phenoxy) is 1. The number of amides is 3. The molecule has 0 radical (unpaired) electrons. The first-order valence-electron chi connectivity index (χ1n) is 11.3. The maximum Gasteiger partial charge on any atom is 0.416 e. The quantitative estimate of drug-likeness (QED) is 0.185. The number of hydrogen-bond acceptors (Lipinski definition) is 5. The van der Waals surface area contributed by atoms with E-state index >= 15 is 0 Å². The molecule has 0 aliphatic carbocycles. The summed E-state index contributed by atoms with van der Waals surface area (Å²) in [6.45, 7) is 0.208. The second-order valence-electron chi connectivity index (χ2n) is 8.43. The highest BCUT2D eigenvalue weighted by Gasteiger charge is 2.33. The summed E-state index contributed by atoms with van der Waals surface area (Å²) in [6, 6.07) is 12.9. The second kappa shape index (κ2) is 10.4. The molecule has 1 aliphatic heterocycles. The van der Waals surface area contributed by atoms with Gasteiger partial charge in [0.2, 0.25) is 5.91 Å². The highest BCUT2D eigenvalue weighted by Crippen LogP contribution is 2.36. The van der Waals surface area contributed by atoms with Crippen LogP contribution in [-0.4, -0.2) is 34.4 Å². The van der Waals surface area contributed by atoms with E-state index in [-0.39, 0.29) is 19.6 Å². The molecule has 1 heterocycles. The largest absolute Gasteiger partial charge is 0.488 e. The Morgan fingerprint density at radius 3 is 2.28 bits per heavy atom. The van der Waals surface area contributed by atoms with Gasteiger partial charge in [-0.25, -0.2) is 5.48 Å². The van der Waals surface area contributed by atoms with E-state index < -0.39 is 29.5 Å². The number of imide groups is 1. The van der Waals surface area contributed by atoms with Crippen LogP contribution in [-0.2, 0) is 17.6 Å². The number of benzene rings is 3. The molecule has 3 aromatic rings. The number of carbonyl (C=O) groups is 3. The summed E-state index contributed by atoms with van der Waals surface area (Å²) in [6.07, 6.45) is -2.66. The Morgan fingerprint density at radius 1 is 0.917 bits per heavy atom. The average Bonchev–Trinajstić information content (AvgIpc) is 2.87. The van der Waals surface area contributed by atoms with Gasteiger partial charge in [0.1, 0.15) is 12.4 Å².